The van der Waals surface area contributed by atoms with Crippen LogP contribution >= 0.6 is 11.8 Å². The molecule has 0 saturated carbocycles. The number of nitrogens with zero attached hydrogens (tertiary/aromatic N) is 3. The van der Waals surface area contributed by atoms with Crippen molar-refractivity contribution in [2.24, 2.45) is 7.05 Å². The van der Waals surface area contributed by atoms with Crippen molar-refractivity contribution < 1.29 is 13.2 Å². The average molecular weight is 461 g/mol. The van der Waals surface area contributed by atoms with Crippen LogP contribution in [0.25, 0.3) is 5.69 Å². The minimum Gasteiger partial charge on any atom is -0.319 e. The van der Waals surface area contributed by atoms with Gasteiger partial charge < -0.3 is 5.32 Å². The molecule has 164 valence electrons. The van der Waals surface area contributed by atoms with Crippen LogP contribution in [0.3, 0.4) is 0 Å². The molecule has 31 heavy (non-hydrogen) atoms. The molecule has 0 aliphatic carbocycles. The van der Waals surface area contributed by atoms with Crippen LogP contribution in [0, 0.1) is 6.92 Å². The van der Waals surface area contributed by atoms with E-state index in [-0.39, 0.29) is 10.6 Å². The fourth-order valence-corrected chi connectivity index (χ4v) is 4.64. The van der Waals surface area contributed by atoms with Crippen LogP contribution in [-0.4, -0.2) is 47.8 Å². The highest BCUT2D eigenvalue weighted by Crippen LogP contribution is 2.20. The van der Waals surface area contributed by atoms with E-state index in [2.05, 4.69) is 5.32 Å². The van der Waals surface area contributed by atoms with Crippen molar-refractivity contribution >= 4 is 33.4 Å². The summed E-state index contributed by atoms with van der Waals surface area (Å²) in [7, 11) is -0.795. The van der Waals surface area contributed by atoms with Crippen molar-refractivity contribution in [2.45, 2.75) is 16.7 Å². The van der Waals surface area contributed by atoms with Gasteiger partial charge in [-0.25, -0.2) is 13.1 Å². The lowest BCUT2D eigenvalue weighted by atomic mass is 10.3. The summed E-state index contributed by atoms with van der Waals surface area (Å²) in [5.74, 6) is -0.599. The maximum Gasteiger partial charge on any atom is 0.295 e. The number of thioether (sulfide) groups is 1. The molecule has 0 saturated heterocycles. The van der Waals surface area contributed by atoms with Crippen molar-refractivity contribution in [2.75, 3.05) is 25.2 Å². The Morgan fingerprint density at radius 2 is 1.71 bits per heavy atom. The summed E-state index contributed by atoms with van der Waals surface area (Å²) < 4.78 is 29.6. The highest BCUT2D eigenvalue weighted by Gasteiger charge is 2.24. The van der Waals surface area contributed by atoms with E-state index in [1.54, 1.807) is 42.9 Å². The van der Waals surface area contributed by atoms with E-state index in [1.807, 2.05) is 24.5 Å². The topological polar surface area (TPSA) is 93.4 Å². The fourth-order valence-electron chi connectivity index (χ4n) is 3.11. The number of carbonyl (C=O) groups is 1. The van der Waals surface area contributed by atoms with Crippen molar-refractivity contribution in [1.29, 1.82) is 0 Å². The number of likely N-dealkylation sites (N-methyl/N-ethyl adjacent to an activating group) is 1. The number of anilines is 1. The lowest BCUT2D eigenvalue weighted by Gasteiger charge is -2.17. The third-order valence-electron chi connectivity index (χ3n) is 4.95. The molecule has 0 fully saturated rings. The molecule has 3 rings (SSSR count). The molecule has 1 N–H and O–H groups in total. The Morgan fingerprint density at radius 1 is 1.10 bits per heavy atom. The van der Waals surface area contributed by atoms with E-state index in [0.717, 1.165) is 9.20 Å². The first-order valence-corrected chi connectivity index (χ1v) is 12.1. The van der Waals surface area contributed by atoms with Gasteiger partial charge in [-0.3, -0.25) is 14.3 Å². The van der Waals surface area contributed by atoms with E-state index in [0.29, 0.717) is 11.4 Å². The SMILES string of the molecule is CSc1ccc(S(=O)(=O)N(C)CC(=O)Nc2c(C)n(C)n(-c3ccccc3)c2=O)cc1. The highest BCUT2D eigenvalue weighted by atomic mass is 32.2. The van der Waals surface area contributed by atoms with E-state index < -0.39 is 28.0 Å². The number of hydrogen-bond donors (Lipinski definition) is 1. The van der Waals surface area contributed by atoms with Gasteiger partial charge in [0.2, 0.25) is 15.9 Å². The molecule has 0 aliphatic rings. The molecule has 2 aromatic carbocycles. The molecule has 0 radical (unpaired) electrons. The molecule has 0 aliphatic heterocycles. The number of rotatable bonds is 7. The normalized spacial score (nSPS) is 11.6. The monoisotopic (exact) mass is 460 g/mol. The van der Waals surface area contributed by atoms with Gasteiger partial charge >= 0.3 is 0 Å². The number of benzene rings is 2. The lowest BCUT2D eigenvalue weighted by molar-refractivity contribution is -0.116. The number of nitrogens with one attached hydrogen (secondary N) is 1. The van der Waals surface area contributed by atoms with Crippen molar-refractivity contribution in [3.8, 4) is 5.69 Å². The minimum absolute atomic E-state index is 0.0999. The standard InChI is InChI=1S/C21H24N4O4S2/c1-15-20(21(27)25(24(15)3)16-8-6-5-7-9-16)22-19(26)14-23(2)31(28,29)18-12-10-17(30-4)11-13-18/h5-13H,14H2,1-4H3,(H,22,26). The molecule has 10 heteroatoms. The van der Waals surface area contributed by atoms with Crippen molar-refractivity contribution in [3.05, 3.63) is 70.6 Å². The molecule has 1 amide bonds. The summed E-state index contributed by atoms with van der Waals surface area (Å²) in [6, 6.07) is 15.5. The van der Waals surface area contributed by atoms with Crippen LogP contribution in [0.5, 0.6) is 0 Å². The number of carbonyl (C=O) groups excluding carboxylic acids is 1. The highest BCUT2D eigenvalue weighted by molar-refractivity contribution is 7.98. The molecule has 1 heterocycles. The Bertz CT molecular complexity index is 1250. The number of para-hydroxylation sites is 1. The van der Waals surface area contributed by atoms with Gasteiger partial charge in [-0.2, -0.15) is 4.31 Å². The zero-order valence-electron chi connectivity index (χ0n) is 17.7. The Labute approximate surface area is 185 Å². The fraction of sp³-hybridized carbons (Fsp3) is 0.238. The van der Waals surface area contributed by atoms with Crippen molar-refractivity contribution in [1.82, 2.24) is 13.7 Å². The van der Waals surface area contributed by atoms with E-state index >= 15 is 0 Å². The molecule has 3 aromatic rings. The van der Waals surface area contributed by atoms with Crippen LogP contribution < -0.4 is 10.9 Å². The first kappa shape index (κ1) is 22.9. The first-order valence-electron chi connectivity index (χ1n) is 9.41. The van der Waals surface area contributed by atoms with Crippen LogP contribution in [0.1, 0.15) is 5.69 Å². The predicted octanol–water partition coefficient (Wildman–Crippen LogP) is 2.47. The third-order valence-corrected chi connectivity index (χ3v) is 7.51. The summed E-state index contributed by atoms with van der Waals surface area (Å²) in [5, 5.41) is 2.58. The number of amides is 1. The molecular formula is C21H24N4O4S2. The predicted molar refractivity (Wildman–Crippen MR) is 122 cm³/mol. The molecule has 0 atom stereocenters. The largest absolute Gasteiger partial charge is 0.319 e. The van der Waals surface area contributed by atoms with E-state index in [1.165, 1.54) is 35.6 Å². The van der Waals surface area contributed by atoms with Gasteiger partial charge in [0, 0.05) is 19.0 Å². The maximum absolute atomic E-state index is 12.9. The second kappa shape index (κ2) is 9.13. The van der Waals surface area contributed by atoms with Crippen LogP contribution in [0.15, 0.2) is 69.2 Å². The smallest absolute Gasteiger partial charge is 0.295 e. The molecule has 0 spiro atoms. The zero-order valence-corrected chi connectivity index (χ0v) is 19.3. The third kappa shape index (κ3) is 4.60. The van der Waals surface area contributed by atoms with Gasteiger partial charge in [-0.15, -0.1) is 11.8 Å². The second-order valence-corrected chi connectivity index (χ2v) is 9.85. The Morgan fingerprint density at radius 3 is 2.29 bits per heavy atom. The van der Waals surface area contributed by atoms with E-state index in [9.17, 15) is 18.0 Å². The lowest BCUT2D eigenvalue weighted by Crippen LogP contribution is -2.35. The summed E-state index contributed by atoms with van der Waals surface area (Å²) in [6.07, 6.45) is 1.90. The number of aromatic nitrogens is 2. The van der Waals surface area contributed by atoms with Gasteiger partial charge in [0.15, 0.2) is 0 Å². The maximum atomic E-state index is 12.9. The summed E-state index contributed by atoms with van der Waals surface area (Å²) in [4.78, 5) is 26.5. The van der Waals surface area contributed by atoms with Gasteiger partial charge in [-0.1, -0.05) is 18.2 Å². The molecule has 0 bridgehead atoms. The molecular weight excluding hydrogens is 436 g/mol. The first-order chi connectivity index (χ1) is 14.7. The van der Waals surface area contributed by atoms with Crippen molar-refractivity contribution in [3.63, 3.8) is 0 Å². The quantitative estimate of drug-likeness (QED) is 0.547. The van der Waals surface area contributed by atoms with Gasteiger partial charge in [0.25, 0.3) is 5.56 Å². The Hall–Kier alpha value is -2.82. The Kier molecular flexibility index (Phi) is 6.73. The van der Waals surface area contributed by atoms with E-state index in [4.69, 9.17) is 0 Å². The van der Waals surface area contributed by atoms with Gasteiger partial charge in [0.1, 0.15) is 5.69 Å². The van der Waals surface area contributed by atoms with Gasteiger partial charge in [-0.05, 0) is 49.6 Å². The molecule has 8 nitrogen and oxygen atoms in total. The Balaban J connectivity index is 1.80. The molecule has 0 unspecified atom stereocenters. The van der Waals surface area contributed by atoms with Crippen LogP contribution in [0.2, 0.25) is 0 Å². The van der Waals surface area contributed by atoms with Crippen LogP contribution in [0.4, 0.5) is 5.69 Å². The summed E-state index contributed by atoms with van der Waals surface area (Å²) >= 11 is 1.51. The van der Waals surface area contributed by atoms with Crippen LogP contribution in [-0.2, 0) is 21.9 Å². The average Bonchev–Trinajstić information content (AvgIpc) is 2.97. The summed E-state index contributed by atoms with van der Waals surface area (Å²) in [6.45, 7) is 1.29. The number of hydrogen-bond acceptors (Lipinski definition) is 5. The van der Waals surface area contributed by atoms with Gasteiger partial charge in [0.05, 0.1) is 22.8 Å². The zero-order chi connectivity index (χ0) is 22.8. The minimum atomic E-state index is -3.84. The molecule has 1 aromatic heterocycles. The second-order valence-electron chi connectivity index (χ2n) is 6.92. The number of sulfonamides is 1. The summed E-state index contributed by atoms with van der Waals surface area (Å²) in [5.41, 5.74) is 0.941.